The number of aromatic nitrogens is 12. The van der Waals surface area contributed by atoms with Crippen LogP contribution in [-0.2, 0) is 0 Å². The summed E-state index contributed by atoms with van der Waals surface area (Å²) >= 11 is 21.8. The van der Waals surface area contributed by atoms with Crippen molar-refractivity contribution in [1.29, 1.82) is 0 Å². The van der Waals surface area contributed by atoms with Gasteiger partial charge in [-0.1, -0.05) is 230 Å². The second-order valence-electron chi connectivity index (χ2n) is 28.1. The highest BCUT2D eigenvalue weighted by molar-refractivity contribution is 9.11. The summed E-state index contributed by atoms with van der Waals surface area (Å²) < 4.78 is 19.8. The fourth-order valence-electron chi connectivity index (χ4n) is 16.3. The summed E-state index contributed by atoms with van der Waals surface area (Å²) in [5.41, 5.74) is 21.7. The maximum Gasteiger partial charge on any atom is 0.146 e. The molecule has 0 radical (unpaired) electrons. The van der Waals surface area contributed by atoms with Crippen molar-refractivity contribution in [1.82, 2.24) is 57.3 Å². The normalized spacial score (nSPS) is 11.2. The molecule has 120 heavy (non-hydrogen) atoms. The summed E-state index contributed by atoms with van der Waals surface area (Å²) in [4.78, 5) is 26.4. The highest BCUT2D eigenvalue weighted by atomic mass is 79.9. The van der Waals surface area contributed by atoms with Crippen LogP contribution in [0.15, 0.2) is 429 Å². The van der Waals surface area contributed by atoms with Gasteiger partial charge in [0.25, 0.3) is 0 Å². The van der Waals surface area contributed by atoms with Gasteiger partial charge in [-0.05, 0) is 212 Å². The number of fused-ring (bicyclic) bond motifs is 18. The molecule has 12 heterocycles. The van der Waals surface area contributed by atoms with Crippen LogP contribution in [-0.4, -0.2) is 57.3 Å². The van der Waals surface area contributed by atoms with Crippen LogP contribution in [0, 0.1) is 0 Å². The number of para-hydroxylation sites is 9. The molecule has 18 heteroatoms. The molecule has 0 fully saturated rings. The Labute approximate surface area is 739 Å². The fourth-order valence-corrected chi connectivity index (χ4v) is 19.5. The average Bonchev–Trinajstić information content (AvgIpc) is 1.63. The highest BCUT2D eigenvalue weighted by Crippen LogP contribution is 2.42. The standard InChI is InChI=1S/6C17H11BrN2/c18-13-8-4-9-14-16(13)17-15(10-5-11-19-17)20(14)12-6-2-1-3-7-12;18-14-10-19-11-16-17(14)13-8-4-5-9-15(13)20(16)12-6-2-1-3-7-12;18-14-10-11-19-17-16(14)13-8-4-5-9-15(13)20(17)12-6-2-1-3-7-12;18-17-16-13-8-4-5-9-14(13)20(15(16)10-11-19-17)12-6-2-1-3-7-12;18-14-7-4-8-16-17(14)13-11-19-10-9-15(13)20(16)12-5-2-1-3-6-12;18-14-7-4-8-15-17(14)13-9-10-19-11-16(13)20(15)12-5-2-1-3-6-12/h6*1-11H. The van der Waals surface area contributed by atoms with Gasteiger partial charge in [0.05, 0.1) is 78.6 Å². The monoisotopic (exact) mass is 1930 g/mol. The van der Waals surface area contributed by atoms with Gasteiger partial charge in [-0.25, -0.2) is 9.97 Å². The van der Waals surface area contributed by atoms with Crippen molar-refractivity contribution < 1.29 is 0 Å². The Hall–Kier alpha value is -12.8. The van der Waals surface area contributed by atoms with Gasteiger partial charge in [-0.15, -0.1) is 0 Å². The zero-order chi connectivity index (χ0) is 81.2. The lowest BCUT2D eigenvalue weighted by Gasteiger charge is -2.07. The molecule has 0 saturated heterocycles. The number of halogens is 6. The predicted molar refractivity (Wildman–Crippen MR) is 518 cm³/mol. The van der Waals surface area contributed by atoms with Crippen molar-refractivity contribution in [2.75, 3.05) is 0 Å². The topological polar surface area (TPSA) is 107 Å². The van der Waals surface area contributed by atoms with E-state index in [1.165, 1.54) is 87.2 Å². The molecule has 12 aromatic heterocycles. The van der Waals surface area contributed by atoms with Crippen LogP contribution >= 0.6 is 95.6 Å². The number of nitrogens with zero attached hydrogens (tertiary/aromatic N) is 12. The van der Waals surface area contributed by atoms with Crippen LogP contribution in [0.1, 0.15) is 0 Å². The van der Waals surface area contributed by atoms with E-state index in [9.17, 15) is 0 Å². The van der Waals surface area contributed by atoms with Gasteiger partial charge in [0, 0.05) is 159 Å². The first-order valence-electron chi connectivity index (χ1n) is 38.7. The zero-order valence-electron chi connectivity index (χ0n) is 63.7. The minimum absolute atomic E-state index is 0.890. The van der Waals surface area contributed by atoms with E-state index in [2.05, 4.69) is 438 Å². The Morgan fingerprint density at radius 1 is 0.175 bits per heavy atom. The largest absolute Gasteiger partial charge is 0.309 e. The average molecular weight is 1940 g/mol. The van der Waals surface area contributed by atoms with Crippen LogP contribution in [0.5, 0.6) is 0 Å². The Morgan fingerprint density at radius 3 is 1.06 bits per heavy atom. The van der Waals surface area contributed by atoms with Gasteiger partial charge >= 0.3 is 0 Å². The van der Waals surface area contributed by atoms with E-state index in [0.717, 1.165) is 105 Å². The lowest BCUT2D eigenvalue weighted by Crippen LogP contribution is -1.94. The first-order valence-corrected chi connectivity index (χ1v) is 43.4. The molecule has 0 spiro atoms. The summed E-state index contributed by atoms with van der Waals surface area (Å²) in [5.74, 6) is 0. The van der Waals surface area contributed by atoms with Gasteiger partial charge in [-0.2, -0.15) is 0 Å². The van der Waals surface area contributed by atoms with Crippen LogP contribution in [0.4, 0.5) is 0 Å². The second kappa shape index (κ2) is 34.3. The van der Waals surface area contributed by atoms with Gasteiger partial charge in [0.1, 0.15) is 10.3 Å². The van der Waals surface area contributed by atoms with E-state index in [-0.39, 0.29) is 0 Å². The molecule has 24 rings (SSSR count). The van der Waals surface area contributed by atoms with Crippen molar-refractivity contribution in [3.8, 4) is 34.1 Å². The molecule has 0 aliphatic rings. The fraction of sp³-hybridized carbons (Fsp3) is 0. The molecule has 0 N–H and O–H groups in total. The van der Waals surface area contributed by atoms with Gasteiger partial charge in [-0.3, -0.25) is 24.5 Å². The summed E-state index contributed by atoms with van der Waals surface area (Å²) in [5, 5.41) is 13.2. The molecule has 0 aliphatic carbocycles. The van der Waals surface area contributed by atoms with E-state index in [1.807, 2.05) is 116 Å². The van der Waals surface area contributed by atoms with Crippen LogP contribution in [0.2, 0.25) is 0 Å². The molecule has 12 nitrogen and oxygen atoms in total. The lowest BCUT2D eigenvalue weighted by atomic mass is 10.2. The maximum absolute atomic E-state index is 4.59. The SMILES string of the molecule is Brc1cccc2c1c1ccncc1n2-c1ccccc1.Brc1cccc2c1c1cnccc1n2-c1ccccc1.Brc1cccc2c1c1ncccc1n2-c1ccccc1.Brc1ccnc2c1c1ccccc1n2-c1ccccc1.Brc1cncc2c1c1ccccc1n2-c1ccccc1.Brc1nccc2c1c1ccccc1n2-c1ccccc1. The Morgan fingerprint density at radius 2 is 0.517 bits per heavy atom. The van der Waals surface area contributed by atoms with Crippen molar-refractivity contribution in [3.63, 3.8) is 0 Å². The Balaban J connectivity index is 0.0000000952. The highest BCUT2D eigenvalue weighted by Gasteiger charge is 2.21. The molecular formula is C102H66Br6N12. The van der Waals surface area contributed by atoms with Crippen molar-refractivity contribution in [3.05, 3.63) is 429 Å². The second-order valence-corrected chi connectivity index (χ2v) is 33.2. The summed E-state index contributed by atoms with van der Waals surface area (Å²) in [6, 6.07) is 119. The molecule has 0 saturated carbocycles. The third-order valence-corrected chi connectivity index (χ3v) is 25.1. The third-order valence-electron chi connectivity index (χ3n) is 21.2. The summed E-state index contributed by atoms with van der Waals surface area (Å²) in [6.07, 6.45) is 16.8. The Bertz CT molecular complexity index is 6670. The molecule has 0 atom stereocenters. The van der Waals surface area contributed by atoms with Crippen molar-refractivity contribution >= 4 is 227 Å². The van der Waals surface area contributed by atoms with Crippen LogP contribution in [0.25, 0.3) is 165 Å². The van der Waals surface area contributed by atoms with Crippen molar-refractivity contribution in [2.45, 2.75) is 0 Å². The molecule has 0 bridgehead atoms. The molecule has 0 unspecified atom stereocenters. The number of pyridine rings is 6. The first-order chi connectivity index (χ1) is 59.2. The molecule has 0 aliphatic heterocycles. The third kappa shape index (κ3) is 14.5. The summed E-state index contributed by atoms with van der Waals surface area (Å²) in [6.45, 7) is 0. The summed E-state index contributed by atoms with van der Waals surface area (Å²) in [7, 11) is 0. The molecule has 576 valence electrons. The van der Waals surface area contributed by atoms with Crippen molar-refractivity contribution in [2.24, 2.45) is 0 Å². The first kappa shape index (κ1) is 77.2. The minimum atomic E-state index is 0.890. The van der Waals surface area contributed by atoms with E-state index < -0.39 is 0 Å². The maximum atomic E-state index is 4.59. The molecule has 12 aromatic carbocycles. The number of benzene rings is 12. The van der Waals surface area contributed by atoms with Gasteiger partial charge in [0.2, 0.25) is 0 Å². The van der Waals surface area contributed by atoms with Crippen LogP contribution < -0.4 is 0 Å². The van der Waals surface area contributed by atoms with E-state index in [4.69, 9.17) is 0 Å². The number of hydrogen-bond donors (Lipinski definition) is 0. The minimum Gasteiger partial charge on any atom is -0.309 e. The smallest absolute Gasteiger partial charge is 0.146 e. The molecular weight excluding hydrogens is 1870 g/mol. The molecule has 0 amide bonds. The zero-order valence-corrected chi connectivity index (χ0v) is 73.3. The predicted octanol–water partition coefficient (Wildman–Crippen LogP) is 29.6. The van der Waals surface area contributed by atoms with E-state index >= 15 is 0 Å². The lowest BCUT2D eigenvalue weighted by molar-refractivity contribution is 1.13. The van der Waals surface area contributed by atoms with E-state index in [0.29, 0.717) is 0 Å². The number of hydrogen-bond acceptors (Lipinski definition) is 6. The van der Waals surface area contributed by atoms with Gasteiger partial charge in [0.15, 0.2) is 0 Å². The van der Waals surface area contributed by atoms with Crippen LogP contribution in [0.3, 0.4) is 0 Å². The molecule has 24 aromatic rings. The Kier molecular flexibility index (Phi) is 22.0. The van der Waals surface area contributed by atoms with Gasteiger partial charge < -0.3 is 22.8 Å². The number of rotatable bonds is 6. The quantitative estimate of drug-likeness (QED) is 0.154. The van der Waals surface area contributed by atoms with E-state index in [1.54, 1.807) is 0 Å².